The number of amides is 1. The van der Waals surface area contributed by atoms with Crippen molar-refractivity contribution in [2.75, 3.05) is 11.9 Å². The largest absolute Gasteiger partial charge is 0.452 e. The summed E-state index contributed by atoms with van der Waals surface area (Å²) in [6.07, 6.45) is 0. The lowest BCUT2D eigenvalue weighted by molar-refractivity contribution is -0.119. The van der Waals surface area contributed by atoms with Crippen molar-refractivity contribution in [3.05, 3.63) is 60.7 Å². The highest BCUT2D eigenvalue weighted by molar-refractivity contribution is 6.43. The van der Waals surface area contributed by atoms with E-state index >= 15 is 0 Å². The smallest absolute Gasteiger partial charge is 0.340 e. The van der Waals surface area contributed by atoms with Gasteiger partial charge in [-0.3, -0.25) is 18.7 Å². The average Bonchev–Trinajstić information content (AvgIpc) is 2.58. The van der Waals surface area contributed by atoms with Crippen LogP contribution in [0.3, 0.4) is 0 Å². The molecule has 25 heavy (non-hydrogen) atoms. The monoisotopic (exact) mass is 385 g/mol. The highest BCUT2D eigenvalue weighted by Crippen LogP contribution is 2.25. The molecule has 0 atom stereocenters. The van der Waals surface area contributed by atoms with Crippen LogP contribution in [0.15, 0.2) is 33.9 Å². The molecule has 0 aliphatic rings. The van der Waals surface area contributed by atoms with Gasteiger partial charge in [-0.15, -0.1) is 0 Å². The van der Waals surface area contributed by atoms with Gasteiger partial charge in [0, 0.05) is 20.2 Å². The van der Waals surface area contributed by atoms with E-state index < -0.39 is 29.7 Å². The van der Waals surface area contributed by atoms with E-state index in [0.29, 0.717) is 0 Å². The van der Waals surface area contributed by atoms with Crippen molar-refractivity contribution < 1.29 is 14.3 Å². The Morgan fingerprint density at radius 3 is 2.52 bits per heavy atom. The molecule has 0 saturated carbocycles. The maximum absolute atomic E-state index is 11.9. The van der Waals surface area contributed by atoms with E-state index in [9.17, 15) is 19.2 Å². The van der Waals surface area contributed by atoms with Crippen LogP contribution in [0.2, 0.25) is 10.0 Å². The highest BCUT2D eigenvalue weighted by Gasteiger charge is 2.16. The first-order chi connectivity index (χ1) is 11.7. The molecule has 0 radical (unpaired) electrons. The van der Waals surface area contributed by atoms with E-state index in [1.807, 2.05) is 0 Å². The van der Waals surface area contributed by atoms with Gasteiger partial charge in [-0.25, -0.2) is 9.59 Å². The number of aromatic nitrogens is 2. The minimum atomic E-state index is -0.833. The SMILES string of the molecule is Cn1c(NC(=O)COC(=O)c2cccc(Cl)c2Cl)cc(=O)n(C)c1=O. The van der Waals surface area contributed by atoms with Crippen LogP contribution in [0.4, 0.5) is 5.82 Å². The van der Waals surface area contributed by atoms with E-state index in [-0.39, 0.29) is 21.4 Å². The molecule has 0 unspecified atom stereocenters. The van der Waals surface area contributed by atoms with Crippen molar-refractivity contribution in [3.8, 4) is 0 Å². The van der Waals surface area contributed by atoms with Crippen molar-refractivity contribution in [1.29, 1.82) is 0 Å². The van der Waals surface area contributed by atoms with Crippen molar-refractivity contribution in [1.82, 2.24) is 9.13 Å². The second-order valence-corrected chi connectivity index (χ2v) is 5.78. The summed E-state index contributed by atoms with van der Waals surface area (Å²) in [6, 6.07) is 5.50. The minimum Gasteiger partial charge on any atom is -0.452 e. The Labute approximate surface area is 151 Å². The molecule has 1 N–H and O–H groups in total. The molecular formula is C15H13Cl2N3O5. The van der Waals surface area contributed by atoms with Gasteiger partial charge >= 0.3 is 11.7 Å². The van der Waals surface area contributed by atoms with E-state index in [2.05, 4.69) is 5.32 Å². The Morgan fingerprint density at radius 1 is 1.16 bits per heavy atom. The molecule has 0 aliphatic carbocycles. The van der Waals surface area contributed by atoms with Crippen molar-refractivity contribution in [2.45, 2.75) is 0 Å². The van der Waals surface area contributed by atoms with Gasteiger partial charge < -0.3 is 10.1 Å². The Hall–Kier alpha value is -2.58. The Morgan fingerprint density at radius 2 is 1.84 bits per heavy atom. The third kappa shape index (κ3) is 4.09. The number of nitrogens with zero attached hydrogens (tertiary/aromatic N) is 2. The maximum Gasteiger partial charge on any atom is 0.340 e. The summed E-state index contributed by atoms with van der Waals surface area (Å²) in [5, 5.41) is 2.52. The second-order valence-electron chi connectivity index (χ2n) is 4.99. The quantitative estimate of drug-likeness (QED) is 0.796. The highest BCUT2D eigenvalue weighted by atomic mass is 35.5. The van der Waals surface area contributed by atoms with Crippen LogP contribution >= 0.6 is 23.2 Å². The molecule has 8 nitrogen and oxygen atoms in total. The molecule has 1 heterocycles. The van der Waals surface area contributed by atoms with Crippen molar-refractivity contribution in [3.63, 3.8) is 0 Å². The second kappa shape index (κ2) is 7.54. The number of hydrogen-bond donors (Lipinski definition) is 1. The minimum absolute atomic E-state index is 0.0166. The fraction of sp³-hybridized carbons (Fsp3) is 0.200. The number of halogens is 2. The van der Waals surface area contributed by atoms with Gasteiger partial charge in [-0.2, -0.15) is 0 Å². The van der Waals surface area contributed by atoms with Crippen LogP contribution in [0.25, 0.3) is 0 Å². The van der Waals surface area contributed by atoms with Crippen molar-refractivity contribution >= 4 is 40.9 Å². The number of carbonyl (C=O) groups excluding carboxylic acids is 2. The number of rotatable bonds is 4. The summed E-state index contributed by atoms with van der Waals surface area (Å²) in [6.45, 7) is -0.634. The number of carbonyl (C=O) groups is 2. The molecule has 132 valence electrons. The zero-order chi connectivity index (χ0) is 18.7. The van der Waals surface area contributed by atoms with Crippen LogP contribution in [0.1, 0.15) is 10.4 Å². The number of hydrogen-bond acceptors (Lipinski definition) is 5. The van der Waals surface area contributed by atoms with Crippen LogP contribution < -0.4 is 16.6 Å². The molecule has 1 amide bonds. The standard InChI is InChI=1S/C15H13Cl2N3O5/c1-19-10(6-12(22)20(2)15(19)24)18-11(21)7-25-14(23)8-4-3-5-9(16)13(8)17/h3-6H,7H2,1-2H3,(H,18,21). The lowest BCUT2D eigenvalue weighted by Crippen LogP contribution is -2.38. The van der Waals surface area contributed by atoms with E-state index in [4.69, 9.17) is 27.9 Å². The normalized spacial score (nSPS) is 10.4. The number of nitrogens with one attached hydrogen (secondary N) is 1. The van der Waals surface area contributed by atoms with Crippen LogP contribution in [0, 0.1) is 0 Å². The van der Waals surface area contributed by atoms with Crippen LogP contribution in [-0.2, 0) is 23.6 Å². The molecule has 0 bridgehead atoms. The van der Waals surface area contributed by atoms with Gasteiger partial charge in [0.1, 0.15) is 5.82 Å². The summed E-state index contributed by atoms with van der Waals surface area (Å²) >= 11 is 11.7. The molecule has 1 aromatic carbocycles. The number of benzene rings is 1. The molecule has 2 rings (SSSR count). The number of ether oxygens (including phenoxy) is 1. The fourth-order valence-electron chi connectivity index (χ4n) is 1.90. The molecular weight excluding hydrogens is 373 g/mol. The van der Waals surface area contributed by atoms with Gasteiger partial charge in [0.25, 0.3) is 11.5 Å². The Bertz CT molecular complexity index is 965. The van der Waals surface area contributed by atoms with Gasteiger partial charge in [0.05, 0.1) is 15.6 Å². The maximum atomic E-state index is 11.9. The summed E-state index contributed by atoms with van der Waals surface area (Å²) < 4.78 is 6.82. The first-order valence-electron chi connectivity index (χ1n) is 6.90. The van der Waals surface area contributed by atoms with E-state index in [0.717, 1.165) is 15.2 Å². The third-order valence-corrected chi connectivity index (χ3v) is 4.12. The third-order valence-electron chi connectivity index (χ3n) is 3.30. The summed E-state index contributed by atoms with van der Waals surface area (Å²) in [5.41, 5.74) is -1.17. The average molecular weight is 386 g/mol. The predicted molar refractivity (Wildman–Crippen MR) is 92.3 cm³/mol. The van der Waals surface area contributed by atoms with E-state index in [1.165, 1.54) is 32.3 Å². The van der Waals surface area contributed by atoms with Gasteiger partial charge in [-0.1, -0.05) is 29.3 Å². The Kier molecular flexibility index (Phi) is 5.66. The molecule has 1 aromatic heterocycles. The van der Waals surface area contributed by atoms with E-state index in [1.54, 1.807) is 0 Å². The summed E-state index contributed by atoms with van der Waals surface area (Å²) in [7, 11) is 2.70. The fourth-order valence-corrected chi connectivity index (χ4v) is 2.28. The predicted octanol–water partition coefficient (Wildman–Crippen LogP) is 1.19. The number of esters is 1. The van der Waals surface area contributed by atoms with Crippen LogP contribution in [0.5, 0.6) is 0 Å². The first kappa shape index (κ1) is 18.8. The number of anilines is 1. The van der Waals surface area contributed by atoms with Gasteiger partial charge in [-0.05, 0) is 12.1 Å². The molecule has 10 heteroatoms. The topological polar surface area (TPSA) is 99.4 Å². The summed E-state index contributed by atoms with van der Waals surface area (Å²) in [4.78, 5) is 47.2. The molecule has 0 aliphatic heterocycles. The molecule has 2 aromatic rings. The lowest BCUT2D eigenvalue weighted by atomic mass is 10.2. The Balaban J connectivity index is 2.07. The first-order valence-corrected chi connectivity index (χ1v) is 7.66. The molecule has 0 spiro atoms. The zero-order valence-electron chi connectivity index (χ0n) is 13.2. The molecule has 0 saturated heterocycles. The van der Waals surface area contributed by atoms with Gasteiger partial charge in [0.15, 0.2) is 6.61 Å². The van der Waals surface area contributed by atoms with Crippen molar-refractivity contribution in [2.24, 2.45) is 14.1 Å². The lowest BCUT2D eigenvalue weighted by Gasteiger charge is -2.11. The van der Waals surface area contributed by atoms with Crippen LogP contribution in [-0.4, -0.2) is 27.6 Å². The molecule has 0 fully saturated rings. The van der Waals surface area contributed by atoms with Gasteiger partial charge in [0.2, 0.25) is 0 Å². The summed E-state index contributed by atoms with van der Waals surface area (Å²) in [5.74, 6) is -1.58. The zero-order valence-corrected chi connectivity index (χ0v) is 14.7.